The number of carbonyl (C=O) groups excluding carboxylic acids is 2. The molecule has 126 valence electrons. The summed E-state index contributed by atoms with van der Waals surface area (Å²) < 4.78 is 0. The minimum absolute atomic E-state index is 0.00698. The van der Waals surface area contributed by atoms with Gasteiger partial charge in [0, 0.05) is 42.8 Å². The molecule has 0 unspecified atom stereocenters. The lowest BCUT2D eigenvalue weighted by Crippen LogP contribution is -2.43. The number of thiophene rings is 1. The van der Waals surface area contributed by atoms with Crippen molar-refractivity contribution in [2.24, 2.45) is 5.92 Å². The first-order valence-electron chi connectivity index (χ1n) is 8.19. The fourth-order valence-corrected chi connectivity index (χ4v) is 3.60. The number of likely N-dealkylation sites (tertiary alicyclic amines) is 1. The topological polar surface area (TPSA) is 62.3 Å². The zero-order valence-corrected chi connectivity index (χ0v) is 14.3. The Balaban J connectivity index is 1.42. The average Bonchev–Trinajstić information content (AvgIpc) is 3.13. The third-order valence-electron chi connectivity index (χ3n) is 4.31. The molecule has 0 bridgehead atoms. The molecule has 2 aromatic rings. The van der Waals surface area contributed by atoms with Gasteiger partial charge in [-0.25, -0.2) is 0 Å². The Labute approximate surface area is 145 Å². The van der Waals surface area contributed by atoms with E-state index in [1.807, 2.05) is 34.5 Å². The molecule has 0 aliphatic carbocycles. The van der Waals surface area contributed by atoms with Crippen molar-refractivity contribution in [1.82, 2.24) is 15.2 Å². The predicted molar refractivity (Wildman–Crippen MR) is 93.4 cm³/mol. The zero-order chi connectivity index (χ0) is 16.8. The highest BCUT2D eigenvalue weighted by molar-refractivity contribution is 7.10. The monoisotopic (exact) mass is 343 g/mol. The number of aromatic nitrogens is 1. The van der Waals surface area contributed by atoms with Crippen molar-refractivity contribution in [3.63, 3.8) is 0 Å². The molecule has 24 heavy (non-hydrogen) atoms. The highest BCUT2D eigenvalue weighted by Gasteiger charge is 2.27. The van der Waals surface area contributed by atoms with E-state index in [2.05, 4.69) is 10.3 Å². The molecule has 2 amide bonds. The van der Waals surface area contributed by atoms with Crippen LogP contribution in [0.3, 0.4) is 0 Å². The molecule has 1 saturated heterocycles. The minimum Gasteiger partial charge on any atom is -0.352 e. The molecule has 0 saturated carbocycles. The van der Waals surface area contributed by atoms with Crippen molar-refractivity contribution in [1.29, 1.82) is 0 Å². The van der Waals surface area contributed by atoms with E-state index in [0.717, 1.165) is 23.3 Å². The first kappa shape index (κ1) is 16.6. The van der Waals surface area contributed by atoms with E-state index < -0.39 is 0 Å². The van der Waals surface area contributed by atoms with Gasteiger partial charge in [-0.2, -0.15) is 0 Å². The van der Waals surface area contributed by atoms with Gasteiger partial charge in [-0.15, -0.1) is 11.3 Å². The highest BCUT2D eigenvalue weighted by Crippen LogP contribution is 2.19. The van der Waals surface area contributed by atoms with Gasteiger partial charge >= 0.3 is 0 Å². The number of pyridine rings is 1. The van der Waals surface area contributed by atoms with E-state index in [1.54, 1.807) is 23.7 Å². The lowest BCUT2D eigenvalue weighted by molar-refractivity contribution is -0.135. The van der Waals surface area contributed by atoms with E-state index in [9.17, 15) is 9.59 Å². The predicted octanol–water partition coefficient (Wildman–Crippen LogP) is 2.24. The van der Waals surface area contributed by atoms with Crippen molar-refractivity contribution < 1.29 is 9.59 Å². The van der Waals surface area contributed by atoms with Crippen molar-refractivity contribution in [2.45, 2.75) is 25.8 Å². The van der Waals surface area contributed by atoms with Crippen molar-refractivity contribution in [3.05, 3.63) is 52.5 Å². The molecule has 1 aliphatic rings. The van der Waals surface area contributed by atoms with Crippen LogP contribution in [0.25, 0.3) is 0 Å². The second kappa shape index (κ2) is 8.06. The number of nitrogens with one attached hydrogen (secondary N) is 1. The van der Waals surface area contributed by atoms with Crippen LogP contribution in [0.15, 0.2) is 42.0 Å². The maximum atomic E-state index is 12.3. The van der Waals surface area contributed by atoms with Crippen molar-refractivity contribution >= 4 is 23.2 Å². The summed E-state index contributed by atoms with van der Waals surface area (Å²) in [7, 11) is 0. The Hall–Kier alpha value is -2.21. The van der Waals surface area contributed by atoms with Crippen LogP contribution in [0.4, 0.5) is 0 Å². The molecule has 6 heteroatoms. The molecule has 1 aliphatic heterocycles. The summed E-state index contributed by atoms with van der Waals surface area (Å²) in [6.07, 6.45) is 5.40. The molecule has 0 aromatic carbocycles. The summed E-state index contributed by atoms with van der Waals surface area (Å²) in [5.74, 6) is 0.225. The Bertz CT molecular complexity index is 665. The standard InChI is InChI=1S/C18H21N3O2S/c22-17(11-16-4-2-10-24-16)21-8-5-15(6-9-21)18(23)20-13-14-3-1-7-19-12-14/h1-4,7,10,12,15H,5-6,8-9,11,13H2,(H,20,23). The number of rotatable bonds is 5. The van der Waals surface area contributed by atoms with Crippen LogP contribution in [-0.4, -0.2) is 34.8 Å². The number of carbonyl (C=O) groups is 2. The molecule has 0 atom stereocenters. The average molecular weight is 343 g/mol. The molecule has 3 heterocycles. The summed E-state index contributed by atoms with van der Waals surface area (Å²) in [6.45, 7) is 1.83. The van der Waals surface area contributed by atoms with E-state index in [4.69, 9.17) is 0 Å². The maximum absolute atomic E-state index is 12.3. The van der Waals surface area contributed by atoms with Crippen LogP contribution in [0.5, 0.6) is 0 Å². The van der Waals surface area contributed by atoms with Gasteiger partial charge in [-0.1, -0.05) is 12.1 Å². The summed E-state index contributed by atoms with van der Waals surface area (Å²) in [4.78, 5) is 31.6. The molecule has 2 aromatic heterocycles. The van der Waals surface area contributed by atoms with Crippen LogP contribution < -0.4 is 5.32 Å². The number of hydrogen-bond donors (Lipinski definition) is 1. The smallest absolute Gasteiger partial charge is 0.227 e. The highest BCUT2D eigenvalue weighted by atomic mass is 32.1. The van der Waals surface area contributed by atoms with Gasteiger partial charge in [0.2, 0.25) is 11.8 Å². The molecule has 3 rings (SSSR count). The quantitative estimate of drug-likeness (QED) is 0.906. The van der Waals surface area contributed by atoms with E-state index in [-0.39, 0.29) is 17.7 Å². The van der Waals surface area contributed by atoms with Crippen LogP contribution in [0.1, 0.15) is 23.3 Å². The van der Waals surface area contributed by atoms with Gasteiger partial charge < -0.3 is 10.2 Å². The fraction of sp³-hybridized carbons (Fsp3) is 0.389. The van der Waals surface area contributed by atoms with Gasteiger partial charge in [-0.05, 0) is 35.9 Å². The number of amides is 2. The van der Waals surface area contributed by atoms with Gasteiger partial charge in [0.25, 0.3) is 0 Å². The molecule has 1 fully saturated rings. The molecular weight excluding hydrogens is 322 g/mol. The van der Waals surface area contributed by atoms with Crippen LogP contribution >= 0.6 is 11.3 Å². The van der Waals surface area contributed by atoms with E-state index in [0.29, 0.717) is 26.1 Å². The molecule has 0 radical (unpaired) electrons. The summed E-state index contributed by atoms with van der Waals surface area (Å²) >= 11 is 1.61. The Kier molecular flexibility index (Phi) is 5.59. The molecule has 1 N–H and O–H groups in total. The fourth-order valence-electron chi connectivity index (χ4n) is 2.90. The lowest BCUT2D eigenvalue weighted by atomic mass is 9.95. The number of piperidine rings is 1. The van der Waals surface area contributed by atoms with E-state index in [1.165, 1.54) is 0 Å². The van der Waals surface area contributed by atoms with Gasteiger partial charge in [0.05, 0.1) is 6.42 Å². The Morgan fingerprint density at radius 2 is 2.08 bits per heavy atom. The largest absolute Gasteiger partial charge is 0.352 e. The maximum Gasteiger partial charge on any atom is 0.227 e. The van der Waals surface area contributed by atoms with Crippen molar-refractivity contribution in [2.75, 3.05) is 13.1 Å². The van der Waals surface area contributed by atoms with Crippen molar-refractivity contribution in [3.8, 4) is 0 Å². The summed E-state index contributed by atoms with van der Waals surface area (Å²) in [6, 6.07) is 7.76. The SMILES string of the molecule is O=C(NCc1cccnc1)C1CCN(C(=O)Cc2cccs2)CC1. The minimum atomic E-state index is -0.00698. The summed E-state index contributed by atoms with van der Waals surface area (Å²) in [5.41, 5.74) is 0.995. The van der Waals surface area contributed by atoms with Crippen LogP contribution in [0, 0.1) is 5.92 Å². The van der Waals surface area contributed by atoms with Crippen LogP contribution in [0.2, 0.25) is 0 Å². The molecule has 0 spiro atoms. The lowest BCUT2D eigenvalue weighted by Gasteiger charge is -2.31. The Morgan fingerprint density at radius 1 is 1.25 bits per heavy atom. The molecule has 5 nitrogen and oxygen atoms in total. The van der Waals surface area contributed by atoms with Gasteiger partial charge in [0.15, 0.2) is 0 Å². The zero-order valence-electron chi connectivity index (χ0n) is 13.5. The van der Waals surface area contributed by atoms with Gasteiger partial charge in [0.1, 0.15) is 0 Å². The van der Waals surface area contributed by atoms with Gasteiger partial charge in [-0.3, -0.25) is 14.6 Å². The second-order valence-corrected chi connectivity index (χ2v) is 7.02. The van der Waals surface area contributed by atoms with E-state index >= 15 is 0 Å². The number of nitrogens with zero attached hydrogens (tertiary/aromatic N) is 2. The normalized spacial score (nSPS) is 15.2. The first-order chi connectivity index (χ1) is 11.7. The third-order valence-corrected chi connectivity index (χ3v) is 5.19. The summed E-state index contributed by atoms with van der Waals surface area (Å²) in [5, 5.41) is 4.96. The molecular formula is C18H21N3O2S. The third kappa shape index (κ3) is 4.41. The Morgan fingerprint density at radius 3 is 2.75 bits per heavy atom. The van der Waals surface area contributed by atoms with Crippen LogP contribution in [-0.2, 0) is 22.6 Å². The second-order valence-electron chi connectivity index (χ2n) is 5.99. The number of hydrogen-bond acceptors (Lipinski definition) is 4. The first-order valence-corrected chi connectivity index (χ1v) is 9.07.